The molecule has 1 N–H and O–H groups in total. The number of hydrogen-bond donors (Lipinski definition) is 1. The summed E-state index contributed by atoms with van der Waals surface area (Å²) in [6.07, 6.45) is 6.43. The first-order chi connectivity index (χ1) is 12.5. The second kappa shape index (κ2) is 6.37. The fraction of sp³-hybridized carbons (Fsp3) is 0.579. The van der Waals surface area contributed by atoms with Gasteiger partial charge in [0.2, 0.25) is 11.8 Å². The fourth-order valence-electron chi connectivity index (χ4n) is 4.43. The summed E-state index contributed by atoms with van der Waals surface area (Å²) in [5, 5.41) is 9.89. The lowest BCUT2D eigenvalue weighted by molar-refractivity contribution is -0.149. The van der Waals surface area contributed by atoms with Crippen molar-refractivity contribution in [3.05, 3.63) is 30.1 Å². The van der Waals surface area contributed by atoms with E-state index in [4.69, 9.17) is 0 Å². The Morgan fingerprint density at radius 1 is 1.19 bits per heavy atom. The van der Waals surface area contributed by atoms with Crippen molar-refractivity contribution in [2.75, 3.05) is 26.2 Å². The van der Waals surface area contributed by atoms with Gasteiger partial charge in [0.15, 0.2) is 0 Å². The maximum absolute atomic E-state index is 12.6. The molecular weight excluding hydrogens is 334 g/mol. The Morgan fingerprint density at radius 3 is 2.50 bits per heavy atom. The minimum absolute atomic E-state index is 0.0722. The van der Waals surface area contributed by atoms with E-state index in [0.717, 1.165) is 24.8 Å². The third kappa shape index (κ3) is 2.75. The monoisotopic (exact) mass is 357 g/mol. The molecule has 2 amide bonds. The van der Waals surface area contributed by atoms with Gasteiger partial charge in [0, 0.05) is 50.4 Å². The lowest BCUT2D eigenvalue weighted by Gasteiger charge is -2.31. The second-order valence-corrected chi connectivity index (χ2v) is 7.82. The molecule has 3 aliphatic rings. The summed E-state index contributed by atoms with van der Waals surface area (Å²) in [7, 11) is 0. The summed E-state index contributed by atoms with van der Waals surface area (Å²) < 4.78 is 0. The number of carbonyl (C=O) groups is 3. The number of carbonyl (C=O) groups excluding carboxylic acids is 2. The Labute approximate surface area is 152 Å². The number of carboxylic acids is 1. The summed E-state index contributed by atoms with van der Waals surface area (Å²) in [6.45, 7) is 1.25. The van der Waals surface area contributed by atoms with Crippen LogP contribution < -0.4 is 0 Å². The Morgan fingerprint density at radius 2 is 1.92 bits per heavy atom. The first-order valence-electron chi connectivity index (χ1n) is 9.18. The van der Waals surface area contributed by atoms with Gasteiger partial charge in [-0.3, -0.25) is 19.4 Å². The standard InChI is InChI=1S/C19H23N3O4/c23-16(7-13-3-2-6-20-8-13)21-9-15-10-22(17(24)14-4-1-5-14)12-19(15,11-21)18(25)26/h2-3,6,8,14-15H,1,4-5,7,9-12H2,(H,25,26)/t15-,19-/m0/s1. The van der Waals surface area contributed by atoms with E-state index >= 15 is 0 Å². The van der Waals surface area contributed by atoms with Crippen LogP contribution in [0, 0.1) is 17.3 Å². The van der Waals surface area contributed by atoms with Crippen molar-refractivity contribution in [3.63, 3.8) is 0 Å². The zero-order valence-electron chi connectivity index (χ0n) is 14.6. The molecule has 3 fully saturated rings. The van der Waals surface area contributed by atoms with Gasteiger partial charge in [-0.15, -0.1) is 0 Å². The average Bonchev–Trinajstić information content (AvgIpc) is 3.09. The third-order valence-electron chi connectivity index (χ3n) is 6.23. The third-order valence-corrected chi connectivity index (χ3v) is 6.23. The first kappa shape index (κ1) is 17.0. The molecule has 4 rings (SSSR count). The Bertz CT molecular complexity index is 734. The summed E-state index contributed by atoms with van der Waals surface area (Å²) in [4.78, 5) is 44.6. The molecule has 1 saturated carbocycles. The Balaban J connectivity index is 1.45. The molecule has 2 atom stereocenters. The number of amides is 2. The molecule has 1 aromatic rings. The topological polar surface area (TPSA) is 90.8 Å². The number of fused-ring (bicyclic) bond motifs is 1. The van der Waals surface area contributed by atoms with Crippen molar-refractivity contribution < 1.29 is 19.5 Å². The lowest BCUT2D eigenvalue weighted by Crippen LogP contribution is -2.45. The van der Waals surface area contributed by atoms with Crippen molar-refractivity contribution in [1.29, 1.82) is 0 Å². The van der Waals surface area contributed by atoms with Crippen molar-refractivity contribution in [1.82, 2.24) is 14.8 Å². The molecule has 2 saturated heterocycles. The van der Waals surface area contributed by atoms with Gasteiger partial charge >= 0.3 is 5.97 Å². The quantitative estimate of drug-likeness (QED) is 0.861. The van der Waals surface area contributed by atoms with Gasteiger partial charge in [-0.25, -0.2) is 0 Å². The highest BCUT2D eigenvalue weighted by Crippen LogP contribution is 2.44. The molecule has 0 aromatic carbocycles. The van der Waals surface area contributed by atoms with Crippen LogP contribution in [-0.4, -0.2) is 63.9 Å². The van der Waals surface area contributed by atoms with Crippen molar-refractivity contribution in [3.8, 4) is 0 Å². The number of aliphatic carboxylic acids is 1. The molecule has 138 valence electrons. The smallest absolute Gasteiger partial charge is 0.313 e. The minimum atomic E-state index is -1.02. The maximum Gasteiger partial charge on any atom is 0.313 e. The van der Waals surface area contributed by atoms with E-state index in [1.165, 1.54) is 0 Å². The van der Waals surface area contributed by atoms with Crippen LogP contribution in [-0.2, 0) is 20.8 Å². The molecule has 3 heterocycles. The van der Waals surface area contributed by atoms with E-state index in [9.17, 15) is 19.5 Å². The number of likely N-dealkylation sites (tertiary alicyclic amines) is 2. The first-order valence-corrected chi connectivity index (χ1v) is 9.18. The second-order valence-electron chi connectivity index (χ2n) is 7.82. The van der Waals surface area contributed by atoms with Gasteiger partial charge < -0.3 is 14.9 Å². The Kier molecular flexibility index (Phi) is 4.17. The predicted molar refractivity (Wildman–Crippen MR) is 92.0 cm³/mol. The van der Waals surface area contributed by atoms with E-state index < -0.39 is 11.4 Å². The lowest BCUT2D eigenvalue weighted by atomic mass is 9.81. The van der Waals surface area contributed by atoms with E-state index in [2.05, 4.69) is 4.98 Å². The number of nitrogens with zero attached hydrogens (tertiary/aromatic N) is 3. The van der Waals surface area contributed by atoms with Crippen LogP contribution in [0.2, 0.25) is 0 Å². The summed E-state index contributed by atoms with van der Waals surface area (Å²) in [6, 6.07) is 3.62. The van der Waals surface area contributed by atoms with Crippen LogP contribution in [0.5, 0.6) is 0 Å². The normalized spacial score (nSPS) is 27.9. The van der Waals surface area contributed by atoms with Crippen LogP contribution in [0.25, 0.3) is 0 Å². The minimum Gasteiger partial charge on any atom is -0.481 e. The SMILES string of the molecule is O=C(Cc1cccnc1)N1C[C@H]2CN(C(=O)C3CCC3)C[C@@]2(C(=O)O)C1. The fourth-order valence-corrected chi connectivity index (χ4v) is 4.43. The van der Waals surface area contributed by atoms with Crippen molar-refractivity contribution in [2.45, 2.75) is 25.7 Å². The van der Waals surface area contributed by atoms with Crippen LogP contribution in [0.3, 0.4) is 0 Å². The zero-order valence-corrected chi connectivity index (χ0v) is 14.6. The van der Waals surface area contributed by atoms with Gasteiger partial charge in [0.25, 0.3) is 0 Å². The number of aromatic nitrogens is 1. The average molecular weight is 357 g/mol. The molecule has 0 unspecified atom stereocenters. The van der Waals surface area contributed by atoms with Crippen molar-refractivity contribution >= 4 is 17.8 Å². The summed E-state index contributed by atoms with van der Waals surface area (Å²) >= 11 is 0. The van der Waals surface area contributed by atoms with Crippen LogP contribution in [0.4, 0.5) is 0 Å². The van der Waals surface area contributed by atoms with Crippen LogP contribution >= 0.6 is 0 Å². The van der Waals surface area contributed by atoms with Gasteiger partial charge in [0.05, 0.1) is 6.42 Å². The van der Waals surface area contributed by atoms with E-state index in [-0.39, 0.29) is 43.2 Å². The van der Waals surface area contributed by atoms with Gasteiger partial charge in [-0.1, -0.05) is 12.5 Å². The molecule has 1 aromatic heterocycles. The van der Waals surface area contributed by atoms with Gasteiger partial charge in [-0.2, -0.15) is 0 Å². The van der Waals surface area contributed by atoms with Crippen molar-refractivity contribution in [2.24, 2.45) is 17.3 Å². The van der Waals surface area contributed by atoms with E-state index in [0.29, 0.717) is 13.1 Å². The van der Waals surface area contributed by atoms with Crippen LogP contribution in [0.15, 0.2) is 24.5 Å². The van der Waals surface area contributed by atoms with Crippen LogP contribution in [0.1, 0.15) is 24.8 Å². The zero-order chi connectivity index (χ0) is 18.3. The number of pyridine rings is 1. The molecule has 2 aliphatic heterocycles. The molecule has 1 aliphatic carbocycles. The molecule has 26 heavy (non-hydrogen) atoms. The molecular formula is C19H23N3O4. The maximum atomic E-state index is 12.6. The molecule has 7 heteroatoms. The van der Waals surface area contributed by atoms with Gasteiger partial charge in [-0.05, 0) is 24.5 Å². The largest absolute Gasteiger partial charge is 0.481 e. The van der Waals surface area contributed by atoms with Gasteiger partial charge in [0.1, 0.15) is 5.41 Å². The Hall–Kier alpha value is -2.44. The highest BCUT2D eigenvalue weighted by Gasteiger charge is 2.59. The molecule has 0 radical (unpaired) electrons. The molecule has 7 nitrogen and oxygen atoms in total. The highest BCUT2D eigenvalue weighted by molar-refractivity contribution is 5.85. The van der Waals surface area contributed by atoms with E-state index in [1.807, 2.05) is 6.07 Å². The highest BCUT2D eigenvalue weighted by atomic mass is 16.4. The number of carboxylic acid groups (broad SMARTS) is 1. The number of hydrogen-bond acceptors (Lipinski definition) is 4. The summed E-state index contributed by atoms with van der Waals surface area (Å²) in [5.41, 5.74) is -0.204. The molecule has 0 spiro atoms. The number of rotatable bonds is 4. The predicted octanol–water partition coefficient (Wildman–Crippen LogP) is 0.796. The van der Waals surface area contributed by atoms with E-state index in [1.54, 1.807) is 28.3 Å². The summed E-state index contributed by atoms with van der Waals surface area (Å²) in [5.74, 6) is -1.00. The molecule has 0 bridgehead atoms.